The maximum Gasteiger partial charge on any atom is 0.340 e. The molecule has 0 radical (unpaired) electrons. The highest BCUT2D eigenvalue weighted by Gasteiger charge is 2.45. The van der Waals surface area contributed by atoms with Crippen LogP contribution in [0.3, 0.4) is 0 Å². The standard InChI is InChI=1S/C90H131N21O22S/c1-6-50(4)75(109-85(128)67-28-20-40-111(67)87(130)61(26-15-17-37-91)103-81(124)60(34-36-74(118)119)102-80(123)59(33-35-73(116)117)100-71(114)45-56-51(5)55-32-31-54(92)44-68(55)133-88(56)131)86(129)107-65(47-112)84(127)106-64(43-53-23-11-8-12-24-53)83(126)105-63(42-52-21-9-7-10-22-52)82(125)101-58(27-19-39-97-89(94)95)79(122)104-62(41-49(2)3)78(121)98-46-72(115)99-57(77(93)120)25-16-18-38-96-70(113)30-14-13-29-69-76-66(48-134-69)108-90(132)110-76/h7-12,21-24,31-32,44,49-50,57-67,69,75-76,112H,6,13-20,25-30,33-43,45-48,91-92H2,1-5H3,(H2,93,120)(H,96,113)(H,98,121)(H,99,115)(H,100,114)(H,101,125)(H,102,123)(H,103,124)(H,104,122)(H,105,126)(H,106,127)(H,107,129)(H,109,128)(H,116,117)(H,118,119)(H4,94,95,97)(H2,108,110,132)/t50-,57-,58-,59-,60-,61-,62-,63-,64-,65-,66-,67-,69-,75-,76-/m0/s1. The number of nitrogens with one attached hydrogen (secondary N) is 16. The predicted octanol–water partition coefficient (Wildman–Crippen LogP) is -1.63. The average Bonchev–Trinajstić information content (AvgIpc) is 1.24. The zero-order valence-corrected chi connectivity index (χ0v) is 77.0. The summed E-state index contributed by atoms with van der Waals surface area (Å²) in [6.07, 6.45) is 0.840. The lowest BCUT2D eigenvalue weighted by Crippen LogP contribution is -2.62. The van der Waals surface area contributed by atoms with Crippen molar-refractivity contribution in [3.63, 3.8) is 0 Å². The van der Waals surface area contributed by atoms with E-state index >= 15 is 9.59 Å². The Balaban J connectivity index is 1.00. The number of amides is 16. The van der Waals surface area contributed by atoms with Gasteiger partial charge in [-0.3, -0.25) is 82.1 Å². The van der Waals surface area contributed by atoms with Gasteiger partial charge < -0.3 is 127 Å². The predicted molar refractivity (Wildman–Crippen MR) is 494 cm³/mol. The number of aliphatic carboxylic acids is 2. The van der Waals surface area contributed by atoms with E-state index in [9.17, 15) is 92.0 Å². The number of aliphatic hydroxyl groups is 1. The second-order valence-electron chi connectivity index (χ2n) is 34.3. The van der Waals surface area contributed by atoms with Crippen LogP contribution in [0.1, 0.15) is 178 Å². The van der Waals surface area contributed by atoms with Crippen molar-refractivity contribution < 1.29 is 101 Å². The largest absolute Gasteiger partial charge is 0.481 e. The lowest BCUT2D eigenvalue weighted by atomic mass is 9.97. The second kappa shape index (κ2) is 54.9. The third kappa shape index (κ3) is 35.2. The minimum Gasteiger partial charge on any atom is -0.481 e. The molecule has 1 aromatic heterocycles. The molecular weight excluding hydrogens is 1760 g/mol. The molecule has 27 N–H and O–H groups in total. The summed E-state index contributed by atoms with van der Waals surface area (Å²) in [4.78, 5) is 249. The Morgan fingerprint density at radius 1 is 0.567 bits per heavy atom. The first kappa shape index (κ1) is 108. The number of aryl methyl sites for hydroxylation is 1. The molecule has 3 fully saturated rings. The Morgan fingerprint density at radius 3 is 1.69 bits per heavy atom. The number of carbonyl (C=O) groups excluding carboxylic acids is 15. The van der Waals surface area contributed by atoms with Crippen LogP contribution in [0.2, 0.25) is 0 Å². The number of unbranched alkanes of at least 4 members (excludes halogenated alkanes) is 3. The van der Waals surface area contributed by atoms with Crippen LogP contribution in [-0.2, 0) is 96.0 Å². The molecule has 734 valence electrons. The SMILES string of the molecule is CC[C@H](C)[C@H](NC(=O)[C@@H]1CCCN1C(=O)[C@H](CCCCN)NC(=O)[C@H](CCC(=O)O)NC(=O)[C@H](CCC(=O)O)NC(=O)Cc1c(C)c2ccc(N)cc2oc1=O)C(=O)N[C@@H](CO)C(=O)N[C@@H](Cc1ccccc1)C(=O)N[C@@H](Cc1ccccc1)C(=O)N[C@@H](CCCNC(=N)N)C(=O)N[C@@H](CC(C)C)C(=O)NCC(=O)N[C@@H](CCCCNC(=O)CCCC[C@@H]1SC[C@@H]2NC(=O)N[C@@H]21)C(N)=O. The van der Waals surface area contributed by atoms with E-state index in [-0.39, 0.29) is 137 Å². The maximum absolute atomic E-state index is 15.1. The van der Waals surface area contributed by atoms with Crippen molar-refractivity contribution in [3.8, 4) is 0 Å². The molecule has 15 atom stereocenters. The molecule has 0 bridgehead atoms. The summed E-state index contributed by atoms with van der Waals surface area (Å²) < 4.78 is 5.41. The number of carboxylic acid groups (broad SMARTS) is 2. The van der Waals surface area contributed by atoms with E-state index in [4.69, 9.17) is 32.8 Å². The van der Waals surface area contributed by atoms with Crippen molar-refractivity contribution in [1.29, 1.82) is 5.41 Å². The fraction of sp³-hybridized carbons (Fsp3) is 0.567. The molecule has 16 amide bonds. The van der Waals surface area contributed by atoms with Gasteiger partial charge in [-0.2, -0.15) is 11.8 Å². The quantitative estimate of drug-likeness (QED) is 0.00589. The summed E-state index contributed by atoms with van der Waals surface area (Å²) >= 11 is 1.80. The molecule has 3 aliphatic rings. The van der Waals surface area contributed by atoms with Gasteiger partial charge in [-0.05, 0) is 150 Å². The number of anilines is 1. The highest BCUT2D eigenvalue weighted by molar-refractivity contribution is 8.00. The third-order valence-corrected chi connectivity index (χ3v) is 25.0. The molecule has 0 unspecified atom stereocenters. The van der Waals surface area contributed by atoms with Gasteiger partial charge in [0, 0.05) is 79.9 Å². The van der Waals surface area contributed by atoms with Crippen LogP contribution in [0.5, 0.6) is 0 Å². The molecule has 0 saturated carbocycles. The lowest BCUT2D eigenvalue weighted by molar-refractivity contribution is -0.143. The molecule has 134 heavy (non-hydrogen) atoms. The minimum atomic E-state index is -1.84. The van der Waals surface area contributed by atoms with Gasteiger partial charge in [0.1, 0.15) is 72.0 Å². The molecular formula is C90H131N21O22S. The van der Waals surface area contributed by atoms with E-state index < -0.39 is 218 Å². The molecule has 3 aromatic carbocycles. The number of nitrogens with two attached hydrogens (primary N) is 4. The van der Waals surface area contributed by atoms with E-state index in [1.807, 2.05) is 0 Å². The van der Waals surface area contributed by atoms with Crippen molar-refractivity contribution >= 4 is 135 Å². The number of nitrogens with zero attached hydrogens (tertiary/aromatic N) is 1. The number of thioether (sulfide) groups is 1. The Kier molecular flexibility index (Phi) is 44.2. The van der Waals surface area contributed by atoms with Crippen LogP contribution >= 0.6 is 11.8 Å². The number of carboxylic acids is 2. The average molecular weight is 1890 g/mol. The zero-order valence-electron chi connectivity index (χ0n) is 76.2. The number of urea groups is 1. The van der Waals surface area contributed by atoms with E-state index in [1.165, 1.54) is 11.0 Å². The van der Waals surface area contributed by atoms with Crippen LogP contribution < -0.4 is 108 Å². The van der Waals surface area contributed by atoms with Crippen LogP contribution in [0, 0.1) is 24.2 Å². The number of hydrogen-bond donors (Lipinski definition) is 23. The highest BCUT2D eigenvalue weighted by Crippen LogP contribution is 2.34. The number of primary amides is 1. The number of likely N-dealkylation sites (tertiary alicyclic amines) is 1. The topological polar surface area (TPSA) is 693 Å². The van der Waals surface area contributed by atoms with Gasteiger partial charge in [-0.15, -0.1) is 0 Å². The molecule has 4 heterocycles. The van der Waals surface area contributed by atoms with Crippen molar-refractivity contribution in [2.45, 2.75) is 266 Å². The minimum absolute atomic E-state index is 0.0162. The van der Waals surface area contributed by atoms with Crippen molar-refractivity contribution in [2.75, 3.05) is 50.8 Å². The maximum atomic E-state index is 15.1. The summed E-state index contributed by atoms with van der Waals surface area (Å²) in [5.74, 6) is -15.5. The zero-order chi connectivity index (χ0) is 98.3. The molecule has 7 rings (SSSR count). The first-order valence-corrected chi connectivity index (χ1v) is 46.5. The highest BCUT2D eigenvalue weighted by atomic mass is 32.2. The Morgan fingerprint density at radius 2 is 1.10 bits per heavy atom. The van der Waals surface area contributed by atoms with Gasteiger partial charge in [-0.25, -0.2) is 9.59 Å². The third-order valence-electron chi connectivity index (χ3n) is 23.4. The molecule has 44 heteroatoms. The Hall–Kier alpha value is -13.0. The number of fused-ring (bicyclic) bond motifs is 2. The summed E-state index contributed by atoms with van der Waals surface area (Å²) in [6.45, 7) is 7.11. The van der Waals surface area contributed by atoms with Crippen molar-refractivity contribution in [3.05, 3.63) is 112 Å². The van der Waals surface area contributed by atoms with E-state index in [1.54, 1.807) is 119 Å². The monoisotopic (exact) mass is 1890 g/mol. The van der Waals surface area contributed by atoms with Gasteiger partial charge in [0.15, 0.2) is 5.96 Å². The number of hydrogen-bond acceptors (Lipinski definition) is 24. The number of carbonyl (C=O) groups is 17. The summed E-state index contributed by atoms with van der Waals surface area (Å²) in [5, 5.41) is 78.7. The summed E-state index contributed by atoms with van der Waals surface area (Å²) in [7, 11) is 0. The van der Waals surface area contributed by atoms with Crippen molar-refractivity contribution in [1.82, 2.24) is 84.7 Å². The fourth-order valence-corrected chi connectivity index (χ4v) is 17.4. The van der Waals surface area contributed by atoms with Gasteiger partial charge in [0.05, 0.1) is 37.2 Å². The lowest BCUT2D eigenvalue weighted by Gasteiger charge is -2.32. The van der Waals surface area contributed by atoms with Crippen LogP contribution in [-0.4, -0.2) is 256 Å². The van der Waals surface area contributed by atoms with Crippen molar-refractivity contribution in [2.24, 2.45) is 29.0 Å². The van der Waals surface area contributed by atoms with Crippen LogP contribution in [0.15, 0.2) is 88.1 Å². The fourth-order valence-electron chi connectivity index (χ4n) is 15.9. The molecule has 3 saturated heterocycles. The smallest absolute Gasteiger partial charge is 0.340 e. The molecule has 0 aliphatic carbocycles. The number of guanidine groups is 1. The number of benzene rings is 3. The Labute approximate surface area is 780 Å². The van der Waals surface area contributed by atoms with Gasteiger partial charge in [0.25, 0.3) is 0 Å². The van der Waals surface area contributed by atoms with Crippen LogP contribution in [0.4, 0.5) is 10.5 Å². The van der Waals surface area contributed by atoms with E-state index in [0.717, 1.165) is 18.6 Å². The number of aliphatic hydroxyl groups excluding tert-OH is 1. The molecule has 3 aliphatic heterocycles. The normalized spacial score (nSPS) is 17.3. The van der Waals surface area contributed by atoms with Gasteiger partial charge in [-0.1, -0.05) is 101 Å². The van der Waals surface area contributed by atoms with E-state index in [2.05, 4.69) is 79.8 Å². The first-order valence-electron chi connectivity index (χ1n) is 45.4. The van der Waals surface area contributed by atoms with Crippen LogP contribution in [0.25, 0.3) is 11.0 Å². The van der Waals surface area contributed by atoms with E-state index in [0.29, 0.717) is 66.4 Å². The second-order valence-corrected chi connectivity index (χ2v) is 35.6. The summed E-state index contributed by atoms with van der Waals surface area (Å²) in [6, 6.07) is 4.72. The Bertz CT molecular complexity index is 4820. The first-order chi connectivity index (χ1) is 63.9. The summed E-state index contributed by atoms with van der Waals surface area (Å²) in [5.41, 5.74) is 23.8. The van der Waals surface area contributed by atoms with Gasteiger partial charge in [0.2, 0.25) is 82.7 Å². The molecule has 4 aromatic rings. The molecule has 43 nitrogen and oxygen atoms in total. The number of rotatable bonds is 58. The molecule has 0 spiro atoms. The number of nitrogen functional groups attached to an aromatic ring is 1. The van der Waals surface area contributed by atoms with Gasteiger partial charge >= 0.3 is 23.6 Å².